The Hall–Kier alpha value is -2.27. The molecule has 27 heavy (non-hydrogen) atoms. The third-order valence-corrected chi connectivity index (χ3v) is 7.14. The van der Waals surface area contributed by atoms with Gasteiger partial charge in [-0.1, -0.05) is 36.4 Å². The van der Waals surface area contributed by atoms with E-state index in [1.165, 1.54) is 0 Å². The number of rotatable bonds is 8. The lowest BCUT2D eigenvalue weighted by molar-refractivity contribution is -0.124. The maximum atomic E-state index is 13.7. The number of nitrogens with one attached hydrogen (secondary N) is 1. The summed E-state index contributed by atoms with van der Waals surface area (Å²) >= 11 is 0. The van der Waals surface area contributed by atoms with Gasteiger partial charge in [0.15, 0.2) is 5.78 Å². The number of carbonyl (C=O) groups is 2. The largest absolute Gasteiger partial charge is 0.356 e. The Morgan fingerprint density at radius 3 is 2.15 bits per heavy atom. The standard InChI is InChI=1S/C20H23N2O4P/c21-18(13-15-11-12-22-20(15)24)19(23)14-26-27(25,16-7-3-1-4-8-16)17-9-5-2-6-10-17/h1-10,15,18H,11-14,21H2,(H,22,24)/t15-,18-/m0/s1. The fraction of sp³-hybridized carbons (Fsp3) is 0.300. The van der Waals surface area contributed by atoms with Crippen molar-refractivity contribution in [3.8, 4) is 0 Å². The first-order valence-corrected chi connectivity index (χ1v) is 10.5. The molecule has 1 aliphatic heterocycles. The quantitative estimate of drug-likeness (QED) is 0.668. The highest BCUT2D eigenvalue weighted by atomic mass is 31.2. The molecule has 0 bridgehead atoms. The molecule has 0 spiro atoms. The Morgan fingerprint density at radius 1 is 1.11 bits per heavy atom. The van der Waals surface area contributed by atoms with Crippen LogP contribution in [0.2, 0.25) is 0 Å². The highest BCUT2D eigenvalue weighted by molar-refractivity contribution is 7.74. The summed E-state index contributed by atoms with van der Waals surface area (Å²) in [4.78, 5) is 24.1. The van der Waals surface area contributed by atoms with Crippen LogP contribution in [0.25, 0.3) is 0 Å². The van der Waals surface area contributed by atoms with Crippen LogP contribution in [0.5, 0.6) is 0 Å². The summed E-state index contributed by atoms with van der Waals surface area (Å²) in [6.07, 6.45) is 0.947. The van der Waals surface area contributed by atoms with Gasteiger partial charge in [0.05, 0.1) is 6.04 Å². The van der Waals surface area contributed by atoms with Crippen molar-refractivity contribution in [3.05, 3.63) is 60.7 Å². The molecule has 2 aromatic carbocycles. The average molecular weight is 386 g/mol. The molecular formula is C20H23N2O4P. The van der Waals surface area contributed by atoms with E-state index in [0.29, 0.717) is 23.6 Å². The van der Waals surface area contributed by atoms with E-state index < -0.39 is 13.4 Å². The second-order valence-electron chi connectivity index (χ2n) is 6.58. The molecule has 0 radical (unpaired) electrons. The molecule has 142 valence electrons. The van der Waals surface area contributed by atoms with Gasteiger partial charge in [-0.25, -0.2) is 0 Å². The van der Waals surface area contributed by atoms with Crippen LogP contribution in [-0.4, -0.2) is 30.9 Å². The SMILES string of the molecule is N[C@@H](C[C@@H]1CCNC1=O)C(=O)COP(=O)(c1ccccc1)c1ccccc1. The van der Waals surface area contributed by atoms with Crippen LogP contribution < -0.4 is 21.7 Å². The molecule has 1 amide bonds. The molecule has 3 rings (SSSR count). The fourth-order valence-electron chi connectivity index (χ4n) is 3.12. The zero-order chi connectivity index (χ0) is 19.3. The predicted molar refractivity (Wildman–Crippen MR) is 104 cm³/mol. The van der Waals surface area contributed by atoms with Gasteiger partial charge in [0.2, 0.25) is 5.91 Å². The molecule has 0 aromatic heterocycles. The average Bonchev–Trinajstić information content (AvgIpc) is 3.11. The summed E-state index contributed by atoms with van der Waals surface area (Å²) in [5, 5.41) is 3.77. The Labute approximate surface area is 158 Å². The van der Waals surface area contributed by atoms with Gasteiger partial charge in [-0.2, -0.15) is 0 Å². The number of Topliss-reactive ketones (excluding diaryl/α,β-unsaturated/α-hetero) is 1. The zero-order valence-corrected chi connectivity index (χ0v) is 15.8. The third kappa shape index (κ3) is 4.53. The third-order valence-electron chi connectivity index (χ3n) is 4.70. The van der Waals surface area contributed by atoms with Crippen molar-refractivity contribution in [1.29, 1.82) is 0 Å². The minimum Gasteiger partial charge on any atom is -0.356 e. The topological polar surface area (TPSA) is 98.5 Å². The molecular weight excluding hydrogens is 363 g/mol. The predicted octanol–water partition coefficient (Wildman–Crippen LogP) is 1.35. The molecule has 1 aliphatic rings. The maximum Gasteiger partial charge on any atom is 0.261 e. The number of benzene rings is 2. The van der Waals surface area contributed by atoms with E-state index in [-0.39, 0.29) is 30.6 Å². The van der Waals surface area contributed by atoms with Crippen molar-refractivity contribution >= 4 is 29.7 Å². The Bertz CT molecular complexity index is 798. The van der Waals surface area contributed by atoms with Crippen LogP contribution in [0.1, 0.15) is 12.8 Å². The monoisotopic (exact) mass is 386 g/mol. The molecule has 2 atom stereocenters. The van der Waals surface area contributed by atoms with E-state index in [1.807, 2.05) is 12.1 Å². The highest BCUT2D eigenvalue weighted by Gasteiger charge is 2.32. The van der Waals surface area contributed by atoms with Crippen molar-refractivity contribution in [3.63, 3.8) is 0 Å². The van der Waals surface area contributed by atoms with E-state index in [0.717, 1.165) is 0 Å². The maximum absolute atomic E-state index is 13.7. The van der Waals surface area contributed by atoms with Gasteiger partial charge in [-0.05, 0) is 37.1 Å². The van der Waals surface area contributed by atoms with Gasteiger partial charge in [0.25, 0.3) is 7.37 Å². The molecule has 7 heteroatoms. The van der Waals surface area contributed by atoms with Crippen molar-refractivity contribution in [2.45, 2.75) is 18.9 Å². The second-order valence-corrected chi connectivity index (χ2v) is 8.98. The van der Waals surface area contributed by atoms with Gasteiger partial charge in [0, 0.05) is 23.1 Å². The van der Waals surface area contributed by atoms with Crippen molar-refractivity contribution in [2.75, 3.05) is 13.2 Å². The molecule has 0 aliphatic carbocycles. The summed E-state index contributed by atoms with van der Waals surface area (Å²) in [6, 6.07) is 16.8. The van der Waals surface area contributed by atoms with Crippen molar-refractivity contribution in [1.82, 2.24) is 5.32 Å². The lowest BCUT2D eigenvalue weighted by Crippen LogP contribution is -2.37. The minimum atomic E-state index is -3.42. The number of hydrogen-bond acceptors (Lipinski definition) is 5. The number of amides is 1. The Morgan fingerprint density at radius 2 is 1.67 bits per heavy atom. The minimum absolute atomic E-state index is 0.0709. The van der Waals surface area contributed by atoms with Crippen LogP contribution in [0.4, 0.5) is 0 Å². The van der Waals surface area contributed by atoms with E-state index in [2.05, 4.69) is 5.32 Å². The molecule has 0 saturated carbocycles. The first-order chi connectivity index (χ1) is 13.0. The number of ketones is 1. The summed E-state index contributed by atoms with van der Waals surface area (Å²) in [5.74, 6) is -0.681. The van der Waals surface area contributed by atoms with Crippen LogP contribution in [0, 0.1) is 5.92 Å². The molecule has 0 unspecified atom stereocenters. The summed E-state index contributed by atoms with van der Waals surface area (Å²) in [7, 11) is -3.42. The van der Waals surface area contributed by atoms with Crippen molar-refractivity contribution < 1.29 is 18.7 Å². The summed E-state index contributed by atoms with van der Waals surface area (Å²) < 4.78 is 19.4. The fourth-order valence-corrected chi connectivity index (χ4v) is 5.15. The molecule has 3 N–H and O–H groups in total. The van der Waals surface area contributed by atoms with Crippen molar-refractivity contribution in [2.24, 2.45) is 11.7 Å². The van der Waals surface area contributed by atoms with Gasteiger partial charge in [-0.15, -0.1) is 0 Å². The van der Waals surface area contributed by atoms with Gasteiger partial charge in [0.1, 0.15) is 6.61 Å². The van der Waals surface area contributed by atoms with E-state index in [9.17, 15) is 14.2 Å². The van der Waals surface area contributed by atoms with Gasteiger partial charge >= 0.3 is 0 Å². The van der Waals surface area contributed by atoms with Crippen LogP contribution >= 0.6 is 7.37 Å². The normalized spacial score (nSPS) is 18.1. The second kappa shape index (κ2) is 8.61. The van der Waals surface area contributed by atoms with Crippen LogP contribution in [0.15, 0.2) is 60.7 Å². The number of hydrogen-bond donors (Lipinski definition) is 2. The van der Waals surface area contributed by atoms with Gasteiger partial charge < -0.3 is 15.6 Å². The van der Waals surface area contributed by atoms with E-state index >= 15 is 0 Å². The molecule has 1 fully saturated rings. The highest BCUT2D eigenvalue weighted by Crippen LogP contribution is 2.44. The van der Waals surface area contributed by atoms with Gasteiger partial charge in [-0.3, -0.25) is 14.2 Å². The van der Waals surface area contributed by atoms with Crippen LogP contribution in [-0.2, 0) is 18.7 Å². The number of nitrogens with two attached hydrogens (primary N) is 1. The van der Waals surface area contributed by atoms with E-state index in [1.54, 1.807) is 48.5 Å². The first-order valence-electron chi connectivity index (χ1n) is 8.92. The lowest BCUT2D eigenvalue weighted by atomic mass is 9.97. The lowest BCUT2D eigenvalue weighted by Gasteiger charge is -2.20. The molecule has 1 heterocycles. The smallest absolute Gasteiger partial charge is 0.261 e. The zero-order valence-electron chi connectivity index (χ0n) is 14.9. The Balaban J connectivity index is 1.72. The van der Waals surface area contributed by atoms with Crippen LogP contribution in [0.3, 0.4) is 0 Å². The summed E-state index contributed by atoms with van der Waals surface area (Å²) in [6.45, 7) is 0.245. The number of carbonyl (C=O) groups excluding carboxylic acids is 2. The summed E-state index contributed by atoms with van der Waals surface area (Å²) in [5.41, 5.74) is 5.97. The Kier molecular flexibility index (Phi) is 6.22. The molecule has 1 saturated heterocycles. The molecule has 2 aromatic rings. The first kappa shape index (κ1) is 19.5. The molecule has 6 nitrogen and oxygen atoms in total. The van der Waals surface area contributed by atoms with E-state index in [4.69, 9.17) is 10.3 Å².